The van der Waals surface area contributed by atoms with E-state index in [1.165, 1.54) is 51.4 Å². The average molecular weight is 220 g/mol. The lowest BCUT2D eigenvalue weighted by molar-refractivity contribution is 0.824. The molecule has 0 nitrogen and oxygen atoms in total. The molecule has 0 saturated heterocycles. The highest BCUT2D eigenvalue weighted by Crippen LogP contribution is 2.40. The predicted octanol–water partition coefficient (Wildman–Crippen LogP) is 5.79. The predicted molar refractivity (Wildman–Crippen MR) is 73.7 cm³/mol. The van der Waals surface area contributed by atoms with Crippen LogP contribution >= 0.6 is 0 Å². The second kappa shape index (κ2) is 6.93. The van der Waals surface area contributed by atoms with Gasteiger partial charge in [-0.25, -0.2) is 0 Å². The molecule has 1 rings (SSSR count). The highest BCUT2D eigenvalue weighted by atomic mass is 14.3. The van der Waals surface area contributed by atoms with Gasteiger partial charge in [-0.1, -0.05) is 58.1 Å². The first kappa shape index (κ1) is 13.5. The minimum Gasteiger partial charge on any atom is -0.0651 e. The first-order valence-electron chi connectivity index (χ1n) is 7.20. The van der Waals surface area contributed by atoms with E-state index in [1.54, 1.807) is 22.3 Å². The van der Waals surface area contributed by atoms with Gasteiger partial charge in [-0.15, -0.1) is 0 Å². The van der Waals surface area contributed by atoms with Gasteiger partial charge >= 0.3 is 0 Å². The van der Waals surface area contributed by atoms with E-state index in [2.05, 4.69) is 27.7 Å². The molecule has 92 valence electrons. The standard InChI is InChI=1S/C16H28/c1-5-9-14-12-13(8-4)15(10-6-2)16(14)11-7-3/h5-12H2,1-4H3. The van der Waals surface area contributed by atoms with Gasteiger partial charge in [0.15, 0.2) is 0 Å². The minimum atomic E-state index is 1.26. The van der Waals surface area contributed by atoms with Crippen LogP contribution in [0.5, 0.6) is 0 Å². The second-order valence-corrected chi connectivity index (χ2v) is 4.94. The first-order valence-corrected chi connectivity index (χ1v) is 7.20. The van der Waals surface area contributed by atoms with E-state index in [0.29, 0.717) is 0 Å². The number of rotatable bonds is 7. The first-order chi connectivity index (χ1) is 7.78. The minimum absolute atomic E-state index is 1.26. The molecule has 0 aromatic carbocycles. The van der Waals surface area contributed by atoms with E-state index >= 15 is 0 Å². The van der Waals surface area contributed by atoms with Crippen molar-refractivity contribution in [3.8, 4) is 0 Å². The van der Waals surface area contributed by atoms with Gasteiger partial charge in [0.2, 0.25) is 0 Å². The Bertz CT molecular complexity index is 278. The summed E-state index contributed by atoms with van der Waals surface area (Å²) < 4.78 is 0. The highest BCUT2D eigenvalue weighted by Gasteiger charge is 2.21. The Labute approximate surface area is 102 Å². The molecule has 0 heteroatoms. The quantitative estimate of drug-likeness (QED) is 0.509. The molecule has 0 atom stereocenters. The lowest BCUT2D eigenvalue weighted by Gasteiger charge is -2.10. The molecule has 0 amide bonds. The van der Waals surface area contributed by atoms with Crippen molar-refractivity contribution in [2.75, 3.05) is 0 Å². The largest absolute Gasteiger partial charge is 0.0651 e. The van der Waals surface area contributed by atoms with E-state index in [0.717, 1.165) is 0 Å². The van der Waals surface area contributed by atoms with E-state index in [1.807, 2.05) is 0 Å². The molecule has 0 heterocycles. The summed E-state index contributed by atoms with van der Waals surface area (Å²) in [5.74, 6) is 0. The summed E-state index contributed by atoms with van der Waals surface area (Å²) in [5.41, 5.74) is 7.01. The van der Waals surface area contributed by atoms with Crippen molar-refractivity contribution in [1.82, 2.24) is 0 Å². The van der Waals surface area contributed by atoms with Gasteiger partial charge in [0.05, 0.1) is 0 Å². The molecule has 0 aromatic heterocycles. The fourth-order valence-electron chi connectivity index (χ4n) is 2.93. The second-order valence-electron chi connectivity index (χ2n) is 4.94. The topological polar surface area (TPSA) is 0 Å². The van der Waals surface area contributed by atoms with Crippen LogP contribution in [0.15, 0.2) is 22.3 Å². The fraction of sp³-hybridized carbons (Fsp3) is 0.750. The Morgan fingerprint density at radius 1 is 0.688 bits per heavy atom. The Hall–Kier alpha value is -0.520. The lowest BCUT2D eigenvalue weighted by atomic mass is 9.95. The van der Waals surface area contributed by atoms with Crippen LogP contribution in [-0.2, 0) is 0 Å². The van der Waals surface area contributed by atoms with Gasteiger partial charge < -0.3 is 0 Å². The third-order valence-electron chi connectivity index (χ3n) is 3.62. The van der Waals surface area contributed by atoms with Crippen molar-refractivity contribution in [3.05, 3.63) is 22.3 Å². The fourth-order valence-corrected chi connectivity index (χ4v) is 2.93. The molecule has 0 saturated carbocycles. The van der Waals surface area contributed by atoms with Crippen LogP contribution in [0, 0.1) is 0 Å². The van der Waals surface area contributed by atoms with E-state index in [9.17, 15) is 0 Å². The van der Waals surface area contributed by atoms with Crippen LogP contribution in [0.2, 0.25) is 0 Å². The van der Waals surface area contributed by atoms with Crippen molar-refractivity contribution in [1.29, 1.82) is 0 Å². The third kappa shape index (κ3) is 2.99. The van der Waals surface area contributed by atoms with Gasteiger partial charge in [-0.2, -0.15) is 0 Å². The molecule has 0 spiro atoms. The van der Waals surface area contributed by atoms with Crippen molar-refractivity contribution in [2.45, 2.75) is 79.1 Å². The van der Waals surface area contributed by atoms with Crippen molar-refractivity contribution < 1.29 is 0 Å². The molecule has 16 heavy (non-hydrogen) atoms. The van der Waals surface area contributed by atoms with E-state index in [-0.39, 0.29) is 0 Å². The number of hydrogen-bond donors (Lipinski definition) is 0. The Morgan fingerprint density at radius 2 is 1.19 bits per heavy atom. The number of allylic oxidation sites excluding steroid dienone is 4. The summed E-state index contributed by atoms with van der Waals surface area (Å²) in [5, 5.41) is 0. The zero-order chi connectivity index (χ0) is 12.0. The molecule has 0 unspecified atom stereocenters. The molecule has 0 fully saturated rings. The van der Waals surface area contributed by atoms with Crippen LogP contribution in [0.1, 0.15) is 79.1 Å². The summed E-state index contributed by atoms with van der Waals surface area (Å²) in [4.78, 5) is 0. The summed E-state index contributed by atoms with van der Waals surface area (Å²) in [6.45, 7) is 9.25. The molecule has 1 aliphatic rings. The molecule has 0 radical (unpaired) electrons. The monoisotopic (exact) mass is 220 g/mol. The molecular weight excluding hydrogens is 192 g/mol. The smallest absolute Gasteiger partial charge is 0.00967 e. The molecular formula is C16H28. The Kier molecular flexibility index (Phi) is 5.87. The van der Waals surface area contributed by atoms with Crippen molar-refractivity contribution in [3.63, 3.8) is 0 Å². The van der Waals surface area contributed by atoms with Gasteiger partial charge in [-0.05, 0) is 43.3 Å². The normalized spacial score (nSPS) is 16.5. The maximum absolute atomic E-state index is 2.32. The molecule has 1 aliphatic carbocycles. The van der Waals surface area contributed by atoms with Gasteiger partial charge in [0.1, 0.15) is 0 Å². The lowest BCUT2D eigenvalue weighted by Crippen LogP contribution is -1.91. The number of hydrogen-bond acceptors (Lipinski definition) is 0. The molecule has 0 bridgehead atoms. The Morgan fingerprint density at radius 3 is 1.62 bits per heavy atom. The maximum atomic E-state index is 2.32. The van der Waals surface area contributed by atoms with Crippen LogP contribution in [0.25, 0.3) is 0 Å². The van der Waals surface area contributed by atoms with Crippen molar-refractivity contribution >= 4 is 0 Å². The van der Waals surface area contributed by atoms with E-state index < -0.39 is 0 Å². The summed E-state index contributed by atoms with van der Waals surface area (Å²) in [6, 6.07) is 0. The molecule has 0 N–H and O–H groups in total. The zero-order valence-electron chi connectivity index (χ0n) is 11.7. The summed E-state index contributed by atoms with van der Waals surface area (Å²) >= 11 is 0. The Balaban J connectivity index is 2.91. The average Bonchev–Trinajstić information content (AvgIpc) is 2.60. The van der Waals surface area contributed by atoms with Gasteiger partial charge in [0.25, 0.3) is 0 Å². The zero-order valence-corrected chi connectivity index (χ0v) is 11.7. The summed E-state index contributed by atoms with van der Waals surface area (Å²) in [7, 11) is 0. The van der Waals surface area contributed by atoms with Crippen LogP contribution < -0.4 is 0 Å². The van der Waals surface area contributed by atoms with Gasteiger partial charge in [-0.3, -0.25) is 0 Å². The maximum Gasteiger partial charge on any atom is -0.00967 e. The third-order valence-corrected chi connectivity index (χ3v) is 3.62. The van der Waals surface area contributed by atoms with Crippen LogP contribution in [0.3, 0.4) is 0 Å². The van der Waals surface area contributed by atoms with Crippen LogP contribution in [-0.4, -0.2) is 0 Å². The molecule has 0 aliphatic heterocycles. The highest BCUT2D eigenvalue weighted by molar-refractivity contribution is 5.47. The van der Waals surface area contributed by atoms with Crippen LogP contribution in [0.4, 0.5) is 0 Å². The van der Waals surface area contributed by atoms with E-state index in [4.69, 9.17) is 0 Å². The summed E-state index contributed by atoms with van der Waals surface area (Å²) in [6.07, 6.45) is 10.4. The molecule has 0 aromatic rings. The van der Waals surface area contributed by atoms with Gasteiger partial charge in [0, 0.05) is 0 Å². The SMILES string of the molecule is CCCC1=C(CCC)C(CCC)=C(CC)C1. The van der Waals surface area contributed by atoms with Crippen molar-refractivity contribution in [2.24, 2.45) is 0 Å².